The maximum atomic E-state index is 11.3. The molecule has 0 saturated heterocycles. The molecule has 1 unspecified atom stereocenters. The van der Waals surface area contributed by atoms with Crippen LogP contribution in [0.4, 0.5) is 5.13 Å². The molecule has 2 amide bonds. The zero-order valence-electron chi connectivity index (χ0n) is 7.69. The lowest BCUT2D eigenvalue weighted by molar-refractivity contribution is -0.125. The molecular weight excluding hydrogens is 202 g/mol. The molecule has 0 aliphatic rings. The van der Waals surface area contributed by atoms with Gasteiger partial charge in [-0.15, -0.1) is 11.3 Å². The van der Waals surface area contributed by atoms with Crippen LogP contribution in [0.3, 0.4) is 0 Å². The Morgan fingerprint density at radius 3 is 2.93 bits per heavy atom. The van der Waals surface area contributed by atoms with Gasteiger partial charge in [0.25, 0.3) is 0 Å². The van der Waals surface area contributed by atoms with Crippen molar-refractivity contribution in [1.82, 2.24) is 4.98 Å². The summed E-state index contributed by atoms with van der Waals surface area (Å²) >= 11 is 1.33. The van der Waals surface area contributed by atoms with Gasteiger partial charge >= 0.3 is 0 Å². The number of rotatable bonds is 4. The molecule has 1 heterocycles. The van der Waals surface area contributed by atoms with Crippen molar-refractivity contribution in [3.05, 3.63) is 11.6 Å². The quantitative estimate of drug-likeness (QED) is 0.767. The summed E-state index contributed by atoms with van der Waals surface area (Å²) in [4.78, 5) is 25.8. The van der Waals surface area contributed by atoms with E-state index >= 15 is 0 Å². The molecule has 1 atom stereocenters. The monoisotopic (exact) mass is 213 g/mol. The summed E-state index contributed by atoms with van der Waals surface area (Å²) in [6, 6.07) is 0. The van der Waals surface area contributed by atoms with Crippen LogP contribution >= 0.6 is 11.3 Å². The highest BCUT2D eigenvalue weighted by Crippen LogP contribution is 2.11. The van der Waals surface area contributed by atoms with Gasteiger partial charge in [0.1, 0.15) is 0 Å². The fraction of sp³-hybridized carbons (Fsp3) is 0.375. The lowest BCUT2D eigenvalue weighted by atomic mass is 10.1. The van der Waals surface area contributed by atoms with Crippen molar-refractivity contribution < 1.29 is 9.59 Å². The first-order valence-corrected chi connectivity index (χ1v) is 4.96. The Bertz CT molecular complexity index is 323. The Morgan fingerprint density at radius 1 is 1.71 bits per heavy atom. The molecule has 0 aliphatic carbocycles. The Labute approximate surface area is 85.3 Å². The summed E-state index contributed by atoms with van der Waals surface area (Å²) < 4.78 is 0. The summed E-state index contributed by atoms with van der Waals surface area (Å²) in [5, 5.41) is 4.86. The third-order valence-electron chi connectivity index (χ3n) is 1.66. The van der Waals surface area contributed by atoms with Crippen molar-refractivity contribution in [2.24, 2.45) is 11.7 Å². The van der Waals surface area contributed by atoms with Crippen LogP contribution in [-0.4, -0.2) is 16.8 Å². The summed E-state index contributed by atoms with van der Waals surface area (Å²) in [6.07, 6.45) is 1.69. The number of primary amides is 1. The predicted molar refractivity (Wildman–Crippen MR) is 53.7 cm³/mol. The van der Waals surface area contributed by atoms with Crippen molar-refractivity contribution in [1.29, 1.82) is 0 Å². The van der Waals surface area contributed by atoms with Crippen LogP contribution in [0.15, 0.2) is 11.6 Å². The Hall–Kier alpha value is -1.43. The minimum Gasteiger partial charge on any atom is -0.369 e. The van der Waals surface area contributed by atoms with E-state index in [-0.39, 0.29) is 12.3 Å². The van der Waals surface area contributed by atoms with Crippen LogP contribution in [0, 0.1) is 5.92 Å². The van der Waals surface area contributed by atoms with Crippen LogP contribution in [-0.2, 0) is 9.59 Å². The zero-order chi connectivity index (χ0) is 10.6. The first kappa shape index (κ1) is 10.6. The van der Waals surface area contributed by atoms with E-state index in [0.29, 0.717) is 5.13 Å². The summed E-state index contributed by atoms with van der Waals surface area (Å²) in [5.41, 5.74) is 5.03. The topological polar surface area (TPSA) is 85.1 Å². The van der Waals surface area contributed by atoms with Gasteiger partial charge in [-0.2, -0.15) is 0 Å². The number of nitrogens with zero attached hydrogens (tertiary/aromatic N) is 1. The Kier molecular flexibility index (Phi) is 3.58. The number of nitrogens with one attached hydrogen (secondary N) is 1. The fourth-order valence-corrected chi connectivity index (χ4v) is 1.38. The zero-order valence-corrected chi connectivity index (χ0v) is 8.50. The first-order chi connectivity index (χ1) is 6.59. The van der Waals surface area contributed by atoms with Gasteiger partial charge in [0.15, 0.2) is 5.13 Å². The number of hydrogen-bond donors (Lipinski definition) is 2. The fourth-order valence-electron chi connectivity index (χ4n) is 0.834. The first-order valence-electron chi connectivity index (χ1n) is 4.08. The number of thiazole rings is 1. The molecule has 14 heavy (non-hydrogen) atoms. The lowest BCUT2D eigenvalue weighted by Gasteiger charge is -2.05. The molecule has 1 aromatic rings. The third-order valence-corrected chi connectivity index (χ3v) is 2.34. The van der Waals surface area contributed by atoms with Crippen molar-refractivity contribution in [2.75, 3.05) is 5.32 Å². The molecule has 3 N–H and O–H groups in total. The number of anilines is 1. The average molecular weight is 213 g/mol. The van der Waals surface area contributed by atoms with Gasteiger partial charge in [-0.25, -0.2) is 4.98 Å². The van der Waals surface area contributed by atoms with Gasteiger partial charge in [-0.3, -0.25) is 9.59 Å². The van der Waals surface area contributed by atoms with E-state index in [1.165, 1.54) is 11.3 Å². The van der Waals surface area contributed by atoms with Crippen molar-refractivity contribution in [3.63, 3.8) is 0 Å². The Morgan fingerprint density at radius 2 is 2.43 bits per heavy atom. The number of hydrogen-bond acceptors (Lipinski definition) is 4. The highest BCUT2D eigenvalue weighted by Gasteiger charge is 2.14. The van der Waals surface area contributed by atoms with Gasteiger partial charge in [0, 0.05) is 23.9 Å². The van der Waals surface area contributed by atoms with Gasteiger partial charge in [-0.05, 0) is 0 Å². The second-order valence-corrected chi connectivity index (χ2v) is 3.79. The molecule has 1 aromatic heterocycles. The van der Waals surface area contributed by atoms with E-state index in [9.17, 15) is 9.59 Å². The van der Waals surface area contributed by atoms with E-state index in [0.717, 1.165) is 0 Å². The maximum Gasteiger partial charge on any atom is 0.226 e. The molecular formula is C8H11N3O2S. The van der Waals surface area contributed by atoms with E-state index < -0.39 is 11.8 Å². The smallest absolute Gasteiger partial charge is 0.226 e. The van der Waals surface area contributed by atoms with Crippen LogP contribution in [0.25, 0.3) is 0 Å². The number of amides is 2. The molecule has 76 valence electrons. The molecule has 0 spiro atoms. The van der Waals surface area contributed by atoms with E-state index in [1.54, 1.807) is 18.5 Å². The summed E-state index contributed by atoms with van der Waals surface area (Å²) in [6.45, 7) is 1.61. The molecule has 0 fully saturated rings. The average Bonchev–Trinajstić information content (AvgIpc) is 2.56. The van der Waals surface area contributed by atoms with E-state index in [4.69, 9.17) is 5.73 Å². The van der Waals surface area contributed by atoms with Gasteiger partial charge in [0.05, 0.1) is 0 Å². The Balaban J connectivity index is 2.40. The normalized spacial score (nSPS) is 12.1. The van der Waals surface area contributed by atoms with Crippen molar-refractivity contribution >= 4 is 28.3 Å². The van der Waals surface area contributed by atoms with Crippen LogP contribution in [0.5, 0.6) is 0 Å². The molecule has 5 nitrogen and oxygen atoms in total. The van der Waals surface area contributed by atoms with Gasteiger partial charge in [-0.1, -0.05) is 6.92 Å². The molecule has 0 bridgehead atoms. The largest absolute Gasteiger partial charge is 0.369 e. The number of nitrogens with two attached hydrogens (primary N) is 1. The lowest BCUT2D eigenvalue weighted by Crippen LogP contribution is -2.25. The summed E-state index contributed by atoms with van der Waals surface area (Å²) in [5.74, 6) is -1.17. The van der Waals surface area contributed by atoms with Gasteiger partial charge in [0.2, 0.25) is 11.8 Å². The van der Waals surface area contributed by atoms with Crippen LogP contribution in [0.2, 0.25) is 0 Å². The van der Waals surface area contributed by atoms with E-state index in [1.807, 2.05) is 0 Å². The SMILES string of the molecule is CC(CC(=O)Nc1nccs1)C(N)=O. The standard InChI is InChI=1S/C8H11N3O2S/c1-5(7(9)13)4-6(12)11-8-10-2-3-14-8/h2-3,5H,4H2,1H3,(H2,9,13)(H,10,11,12). The predicted octanol–water partition coefficient (Wildman–Crippen LogP) is 0.593. The van der Waals surface area contributed by atoms with Crippen LogP contribution < -0.4 is 11.1 Å². The molecule has 0 radical (unpaired) electrons. The number of aromatic nitrogens is 1. The number of carbonyl (C=O) groups is 2. The molecule has 0 aromatic carbocycles. The second-order valence-electron chi connectivity index (χ2n) is 2.89. The minimum absolute atomic E-state index is 0.0922. The van der Waals surface area contributed by atoms with Crippen LogP contribution in [0.1, 0.15) is 13.3 Å². The third kappa shape index (κ3) is 3.14. The van der Waals surface area contributed by atoms with E-state index in [2.05, 4.69) is 10.3 Å². The number of carbonyl (C=O) groups excluding carboxylic acids is 2. The highest BCUT2D eigenvalue weighted by molar-refractivity contribution is 7.13. The van der Waals surface area contributed by atoms with Crippen molar-refractivity contribution in [2.45, 2.75) is 13.3 Å². The molecule has 0 saturated carbocycles. The maximum absolute atomic E-state index is 11.3. The van der Waals surface area contributed by atoms with Gasteiger partial charge < -0.3 is 11.1 Å². The highest BCUT2D eigenvalue weighted by atomic mass is 32.1. The van der Waals surface area contributed by atoms with Crippen molar-refractivity contribution in [3.8, 4) is 0 Å². The molecule has 0 aliphatic heterocycles. The molecule has 1 rings (SSSR count). The molecule has 6 heteroatoms. The second kappa shape index (κ2) is 4.71. The summed E-state index contributed by atoms with van der Waals surface area (Å²) in [7, 11) is 0. The minimum atomic E-state index is -0.473.